The Hall–Kier alpha value is -2.07. The predicted octanol–water partition coefficient (Wildman–Crippen LogP) is 1.78. The van der Waals surface area contributed by atoms with Gasteiger partial charge in [-0.1, -0.05) is 0 Å². The molecule has 8 nitrogen and oxygen atoms in total. The molecule has 2 radical (unpaired) electrons. The number of nitrogens with zero attached hydrogens (tertiary/aromatic N) is 8. The van der Waals surface area contributed by atoms with E-state index in [4.69, 9.17) is 0 Å². The number of aromatic nitrogens is 2. The Morgan fingerprint density at radius 2 is 1.90 bits per heavy atom. The molecule has 0 aliphatic carbocycles. The maximum atomic E-state index is 11.0. The van der Waals surface area contributed by atoms with E-state index in [-0.39, 0.29) is 0 Å². The molecule has 158 valence electrons. The molecule has 2 aromatic rings. The van der Waals surface area contributed by atoms with Gasteiger partial charge >= 0.3 is 0 Å². The lowest BCUT2D eigenvalue weighted by molar-refractivity contribution is 0.232. The van der Waals surface area contributed by atoms with Crippen molar-refractivity contribution < 1.29 is 0 Å². The summed E-state index contributed by atoms with van der Waals surface area (Å²) in [4.78, 5) is 23.8. The number of hydrogen-bond acceptors (Lipinski definition) is 8. The molecule has 5 heterocycles. The van der Waals surface area contributed by atoms with Gasteiger partial charge < -0.3 is 14.7 Å². The van der Waals surface area contributed by atoms with E-state index in [1.54, 1.807) is 23.7 Å². The van der Waals surface area contributed by atoms with Crippen LogP contribution in [0.2, 0.25) is 0 Å². The first kappa shape index (κ1) is 19.9. The molecular formula is C21H28N8S. The maximum Gasteiger partial charge on any atom is 0.225 e. The Balaban J connectivity index is 1.12. The molecule has 3 aliphatic rings. The van der Waals surface area contributed by atoms with Gasteiger partial charge in [-0.05, 0) is 38.1 Å². The van der Waals surface area contributed by atoms with Crippen LogP contribution in [-0.2, 0) is 13.0 Å². The third-order valence-electron chi connectivity index (χ3n) is 6.26. The van der Waals surface area contributed by atoms with E-state index in [1.807, 2.05) is 17.3 Å². The van der Waals surface area contributed by atoms with Crippen LogP contribution in [0, 0.1) is 0 Å². The van der Waals surface area contributed by atoms with Gasteiger partial charge in [0, 0.05) is 68.6 Å². The summed E-state index contributed by atoms with van der Waals surface area (Å²) in [5.41, 5.74) is 13.4. The van der Waals surface area contributed by atoms with E-state index in [1.165, 1.54) is 10.4 Å². The fraction of sp³-hybridized carbons (Fsp3) is 0.571. The minimum Gasteiger partial charge on any atom is -0.340 e. The van der Waals surface area contributed by atoms with Crippen molar-refractivity contribution in [2.75, 3.05) is 57.8 Å². The van der Waals surface area contributed by atoms with Crippen LogP contribution < -0.4 is 10.6 Å². The number of aliphatic imine (C=N–C) groups is 1. The van der Waals surface area contributed by atoms with E-state index in [0.717, 1.165) is 81.7 Å². The van der Waals surface area contributed by atoms with E-state index < -0.39 is 6.17 Å². The van der Waals surface area contributed by atoms with Crippen LogP contribution >= 0.6 is 11.3 Å². The molecule has 1 atom stereocenters. The molecule has 30 heavy (non-hydrogen) atoms. The minimum absolute atomic E-state index is 0.562. The first-order valence-corrected chi connectivity index (χ1v) is 11.6. The summed E-state index contributed by atoms with van der Waals surface area (Å²) >= 11 is 1.74. The van der Waals surface area contributed by atoms with Gasteiger partial charge in [0.1, 0.15) is 11.2 Å². The van der Waals surface area contributed by atoms with Crippen molar-refractivity contribution >= 4 is 28.6 Å². The quantitative estimate of drug-likeness (QED) is 0.729. The lowest BCUT2D eigenvalue weighted by Crippen LogP contribution is -2.47. The van der Waals surface area contributed by atoms with Gasteiger partial charge in [0.25, 0.3) is 0 Å². The Kier molecular flexibility index (Phi) is 5.68. The number of anilines is 1. The van der Waals surface area contributed by atoms with Gasteiger partial charge in [-0.15, -0.1) is 17.1 Å². The average molecular weight is 425 g/mol. The van der Waals surface area contributed by atoms with Crippen molar-refractivity contribution in [3.63, 3.8) is 0 Å². The molecule has 3 aliphatic heterocycles. The smallest absolute Gasteiger partial charge is 0.225 e. The van der Waals surface area contributed by atoms with E-state index >= 15 is 0 Å². The highest BCUT2D eigenvalue weighted by Gasteiger charge is 2.31. The fourth-order valence-corrected chi connectivity index (χ4v) is 5.83. The minimum atomic E-state index is -0.562. The first-order chi connectivity index (χ1) is 14.7. The van der Waals surface area contributed by atoms with Crippen molar-refractivity contribution in [3.8, 4) is 0 Å². The third kappa shape index (κ3) is 3.94. The van der Waals surface area contributed by atoms with Gasteiger partial charge in [-0.3, -0.25) is 4.90 Å². The maximum absolute atomic E-state index is 11.0. The van der Waals surface area contributed by atoms with Crippen LogP contribution in [-0.4, -0.2) is 83.9 Å². The number of thiophene rings is 1. The Bertz CT molecular complexity index is 890. The lowest BCUT2D eigenvalue weighted by Gasteiger charge is -2.35. The molecular weight excluding hydrogens is 396 g/mol. The van der Waals surface area contributed by atoms with Gasteiger partial charge in [0.15, 0.2) is 0 Å². The van der Waals surface area contributed by atoms with Crippen LogP contribution in [0.15, 0.2) is 23.5 Å². The second-order valence-corrected chi connectivity index (χ2v) is 9.38. The first-order valence-electron chi connectivity index (χ1n) is 10.7. The molecule has 0 saturated carbocycles. The summed E-state index contributed by atoms with van der Waals surface area (Å²) in [5, 5.41) is 0.998. The standard InChI is InChI=1S/C21H28N8S/c1-26-9-4-16-17(14-26)30-20-18(16)19(22)29(15-25-20)8-3-7-27-10-12-28(13-11-27)21-23-5-2-6-24-21/h2,5-6,15,19H,3-4,7-14H2,1H3. The highest BCUT2D eigenvalue weighted by atomic mass is 32.1. The van der Waals surface area contributed by atoms with Crippen LogP contribution in [0.25, 0.3) is 0 Å². The molecule has 5 rings (SSSR count). The zero-order valence-electron chi connectivity index (χ0n) is 17.4. The Morgan fingerprint density at radius 3 is 2.70 bits per heavy atom. The van der Waals surface area contributed by atoms with E-state index in [2.05, 4.69) is 36.7 Å². The zero-order valence-corrected chi connectivity index (χ0v) is 18.3. The third-order valence-corrected chi connectivity index (χ3v) is 7.40. The highest BCUT2D eigenvalue weighted by Crippen LogP contribution is 2.44. The predicted molar refractivity (Wildman–Crippen MR) is 119 cm³/mol. The summed E-state index contributed by atoms with van der Waals surface area (Å²) in [7, 11) is 2.15. The molecule has 2 aromatic heterocycles. The van der Waals surface area contributed by atoms with Gasteiger partial charge in [0.05, 0.1) is 6.34 Å². The summed E-state index contributed by atoms with van der Waals surface area (Å²) in [6.45, 7) is 7.81. The summed E-state index contributed by atoms with van der Waals surface area (Å²) in [6.07, 6.45) is 6.89. The van der Waals surface area contributed by atoms with Crippen LogP contribution in [0.3, 0.4) is 0 Å². The topological polar surface area (TPSA) is 73.4 Å². The normalized spacial score (nSPS) is 22.3. The number of rotatable bonds is 5. The van der Waals surface area contributed by atoms with Gasteiger partial charge in [0.2, 0.25) is 5.95 Å². The monoisotopic (exact) mass is 424 g/mol. The fourth-order valence-electron chi connectivity index (χ4n) is 4.54. The average Bonchev–Trinajstić information content (AvgIpc) is 3.14. The number of hydrogen-bond donors (Lipinski definition) is 0. The highest BCUT2D eigenvalue weighted by molar-refractivity contribution is 7.16. The van der Waals surface area contributed by atoms with Gasteiger partial charge in [-0.25, -0.2) is 15.0 Å². The molecule has 0 aromatic carbocycles. The second-order valence-electron chi connectivity index (χ2n) is 8.30. The molecule has 0 spiro atoms. The molecule has 9 heteroatoms. The number of piperazine rings is 1. The number of likely N-dealkylation sites (N-methyl/N-ethyl adjacent to an activating group) is 1. The molecule has 0 bridgehead atoms. The lowest BCUT2D eigenvalue weighted by atomic mass is 10.00. The van der Waals surface area contributed by atoms with Crippen LogP contribution in [0.4, 0.5) is 10.9 Å². The molecule has 0 N–H and O–H groups in total. The Morgan fingerprint density at radius 1 is 1.10 bits per heavy atom. The second kappa shape index (κ2) is 8.58. The van der Waals surface area contributed by atoms with Crippen LogP contribution in [0.5, 0.6) is 0 Å². The zero-order chi connectivity index (χ0) is 20.5. The van der Waals surface area contributed by atoms with Crippen molar-refractivity contribution in [3.05, 3.63) is 34.5 Å². The van der Waals surface area contributed by atoms with Crippen molar-refractivity contribution in [1.29, 1.82) is 0 Å². The summed E-state index contributed by atoms with van der Waals surface area (Å²) in [5.74, 6) is 0.825. The van der Waals surface area contributed by atoms with Crippen molar-refractivity contribution in [1.82, 2.24) is 30.4 Å². The van der Waals surface area contributed by atoms with Crippen molar-refractivity contribution in [2.45, 2.75) is 25.6 Å². The van der Waals surface area contributed by atoms with Crippen molar-refractivity contribution in [2.24, 2.45) is 4.99 Å². The molecule has 0 amide bonds. The van der Waals surface area contributed by atoms with E-state index in [9.17, 15) is 5.73 Å². The summed E-state index contributed by atoms with van der Waals surface area (Å²) < 4.78 is 0. The van der Waals surface area contributed by atoms with Crippen LogP contribution in [0.1, 0.15) is 28.6 Å². The SMILES string of the molecule is CN1CCc2c(sc3c2C([N])N(CCCN2CCN(c4ncccn4)CC2)C=N3)C1. The molecule has 1 fully saturated rings. The van der Waals surface area contributed by atoms with Gasteiger partial charge in [-0.2, -0.15) is 0 Å². The summed E-state index contributed by atoms with van der Waals surface area (Å²) in [6, 6.07) is 1.85. The Labute approximate surface area is 182 Å². The molecule has 1 saturated heterocycles. The van der Waals surface area contributed by atoms with E-state index in [0.29, 0.717) is 0 Å². The molecule has 1 unspecified atom stereocenters. The number of fused-ring (bicyclic) bond motifs is 3. The largest absolute Gasteiger partial charge is 0.340 e.